The zero-order valence-corrected chi connectivity index (χ0v) is 14.4. The maximum Gasteiger partial charge on any atom is 0.260 e. The number of benzene rings is 1. The summed E-state index contributed by atoms with van der Waals surface area (Å²) in [6, 6.07) is 5.60. The van der Waals surface area contributed by atoms with E-state index >= 15 is 0 Å². The minimum atomic E-state index is -0.338. The highest BCUT2D eigenvalue weighted by atomic mass is 19.1. The van der Waals surface area contributed by atoms with Gasteiger partial charge in [0.1, 0.15) is 11.6 Å². The number of fused-ring (bicyclic) bond motifs is 1. The van der Waals surface area contributed by atoms with Crippen LogP contribution in [0.4, 0.5) is 4.39 Å². The lowest BCUT2D eigenvalue weighted by molar-refractivity contribution is -0.138. The zero-order valence-electron chi connectivity index (χ0n) is 14.4. The molecule has 1 aromatic rings. The van der Waals surface area contributed by atoms with Crippen LogP contribution in [0.25, 0.3) is 0 Å². The van der Waals surface area contributed by atoms with Gasteiger partial charge in [0.2, 0.25) is 5.91 Å². The van der Waals surface area contributed by atoms with Crippen LogP contribution >= 0.6 is 0 Å². The van der Waals surface area contributed by atoms with Crippen LogP contribution in [-0.4, -0.2) is 42.5 Å². The molecular formula is C19H25FN2O3. The van der Waals surface area contributed by atoms with Crippen LogP contribution in [0.5, 0.6) is 5.75 Å². The predicted octanol–water partition coefficient (Wildman–Crippen LogP) is 2.50. The lowest BCUT2D eigenvalue weighted by atomic mass is 9.99. The minimum absolute atomic E-state index is 0.0394. The number of rotatable bonds is 3. The Balaban J connectivity index is 1.66. The monoisotopic (exact) mass is 348 g/mol. The Morgan fingerprint density at radius 3 is 2.76 bits per heavy atom. The number of nitrogens with one attached hydrogen (secondary N) is 1. The third kappa shape index (κ3) is 4.50. The van der Waals surface area contributed by atoms with Gasteiger partial charge in [-0.2, -0.15) is 0 Å². The number of amides is 2. The summed E-state index contributed by atoms with van der Waals surface area (Å²) in [6.07, 6.45) is 5.52. The summed E-state index contributed by atoms with van der Waals surface area (Å²) in [7, 11) is 0. The fourth-order valence-corrected chi connectivity index (χ4v) is 3.78. The van der Waals surface area contributed by atoms with Gasteiger partial charge in [0.25, 0.3) is 5.91 Å². The Labute approximate surface area is 147 Å². The summed E-state index contributed by atoms with van der Waals surface area (Å²) >= 11 is 0. The molecular weight excluding hydrogens is 323 g/mol. The fourth-order valence-electron chi connectivity index (χ4n) is 3.78. The Morgan fingerprint density at radius 2 is 1.96 bits per heavy atom. The van der Waals surface area contributed by atoms with E-state index < -0.39 is 0 Å². The van der Waals surface area contributed by atoms with E-state index in [9.17, 15) is 14.0 Å². The van der Waals surface area contributed by atoms with Crippen molar-refractivity contribution in [1.82, 2.24) is 10.2 Å². The number of nitrogens with zero attached hydrogens (tertiary/aromatic N) is 1. The molecule has 1 aliphatic carbocycles. The van der Waals surface area contributed by atoms with Gasteiger partial charge in [-0.3, -0.25) is 9.59 Å². The van der Waals surface area contributed by atoms with Gasteiger partial charge in [0.15, 0.2) is 6.61 Å². The van der Waals surface area contributed by atoms with E-state index in [0.717, 1.165) is 45.1 Å². The van der Waals surface area contributed by atoms with Crippen molar-refractivity contribution in [3.8, 4) is 5.75 Å². The van der Waals surface area contributed by atoms with Crippen LogP contribution in [0.3, 0.4) is 0 Å². The number of carbonyl (C=O) groups excluding carboxylic acids is 2. The van der Waals surface area contributed by atoms with Crippen LogP contribution in [0, 0.1) is 11.7 Å². The van der Waals surface area contributed by atoms with Crippen molar-refractivity contribution in [2.75, 3.05) is 19.7 Å². The molecule has 3 rings (SSSR count). The number of hydrogen-bond acceptors (Lipinski definition) is 3. The molecule has 1 heterocycles. The molecule has 1 aliphatic heterocycles. The van der Waals surface area contributed by atoms with Crippen molar-refractivity contribution in [2.24, 2.45) is 5.92 Å². The van der Waals surface area contributed by atoms with E-state index in [1.807, 2.05) is 4.90 Å². The molecule has 6 heteroatoms. The Kier molecular flexibility index (Phi) is 5.89. The molecule has 1 N–H and O–H groups in total. The van der Waals surface area contributed by atoms with Gasteiger partial charge in [-0.15, -0.1) is 0 Å². The average Bonchev–Trinajstić information content (AvgIpc) is 3.09. The van der Waals surface area contributed by atoms with Gasteiger partial charge < -0.3 is 15.0 Å². The predicted molar refractivity (Wildman–Crippen MR) is 91.6 cm³/mol. The zero-order chi connectivity index (χ0) is 17.6. The normalized spacial score (nSPS) is 24.4. The van der Waals surface area contributed by atoms with E-state index in [4.69, 9.17) is 4.74 Å². The molecule has 136 valence electrons. The van der Waals surface area contributed by atoms with Crippen molar-refractivity contribution in [2.45, 2.75) is 44.6 Å². The molecule has 1 saturated carbocycles. The largest absolute Gasteiger partial charge is 0.484 e. The first kappa shape index (κ1) is 17.7. The third-order valence-electron chi connectivity index (χ3n) is 5.09. The summed E-state index contributed by atoms with van der Waals surface area (Å²) in [6.45, 7) is 1.31. The Hall–Kier alpha value is -2.11. The van der Waals surface area contributed by atoms with Crippen LogP contribution in [0.1, 0.15) is 38.5 Å². The molecule has 2 atom stereocenters. The third-order valence-corrected chi connectivity index (χ3v) is 5.09. The Bertz CT molecular complexity index is 605. The van der Waals surface area contributed by atoms with Gasteiger partial charge in [-0.05, 0) is 56.4 Å². The number of carbonyl (C=O) groups is 2. The van der Waals surface area contributed by atoms with Gasteiger partial charge in [-0.25, -0.2) is 4.39 Å². The summed E-state index contributed by atoms with van der Waals surface area (Å²) in [5.74, 6) is -0.0183. The second-order valence-corrected chi connectivity index (χ2v) is 6.79. The number of halogens is 1. The summed E-state index contributed by atoms with van der Waals surface area (Å²) < 4.78 is 18.5. The summed E-state index contributed by atoms with van der Waals surface area (Å²) in [5, 5.41) is 3.00. The highest BCUT2D eigenvalue weighted by Crippen LogP contribution is 2.31. The fraction of sp³-hybridized carbons (Fsp3) is 0.579. The van der Waals surface area contributed by atoms with E-state index in [2.05, 4.69) is 5.32 Å². The molecule has 1 aromatic carbocycles. The van der Waals surface area contributed by atoms with Gasteiger partial charge >= 0.3 is 0 Å². The maximum atomic E-state index is 12.9. The second-order valence-electron chi connectivity index (χ2n) is 6.79. The molecule has 1 saturated heterocycles. The molecule has 5 nitrogen and oxygen atoms in total. The average molecular weight is 348 g/mol. The van der Waals surface area contributed by atoms with E-state index in [1.54, 1.807) is 0 Å². The molecule has 0 radical (unpaired) electrons. The van der Waals surface area contributed by atoms with Crippen molar-refractivity contribution < 1.29 is 18.7 Å². The van der Waals surface area contributed by atoms with E-state index in [1.165, 1.54) is 24.3 Å². The maximum absolute atomic E-state index is 12.9. The van der Waals surface area contributed by atoms with Crippen LogP contribution < -0.4 is 10.1 Å². The smallest absolute Gasteiger partial charge is 0.260 e. The van der Waals surface area contributed by atoms with E-state index in [0.29, 0.717) is 12.3 Å². The topological polar surface area (TPSA) is 58.6 Å². The molecule has 2 aliphatic rings. The van der Waals surface area contributed by atoms with Gasteiger partial charge in [0.05, 0.1) is 5.92 Å². The summed E-state index contributed by atoms with van der Waals surface area (Å²) in [5.41, 5.74) is 0. The van der Waals surface area contributed by atoms with Crippen LogP contribution in [0.15, 0.2) is 24.3 Å². The second kappa shape index (κ2) is 8.32. The Morgan fingerprint density at radius 1 is 1.16 bits per heavy atom. The number of ether oxygens (including phenoxy) is 1. The minimum Gasteiger partial charge on any atom is -0.484 e. The molecule has 2 amide bonds. The van der Waals surface area contributed by atoms with Crippen molar-refractivity contribution in [3.63, 3.8) is 0 Å². The van der Waals surface area contributed by atoms with Crippen LogP contribution in [-0.2, 0) is 9.59 Å². The van der Waals surface area contributed by atoms with Crippen LogP contribution in [0.2, 0.25) is 0 Å². The molecule has 0 aromatic heterocycles. The molecule has 0 bridgehead atoms. The van der Waals surface area contributed by atoms with Gasteiger partial charge in [-0.1, -0.05) is 6.42 Å². The quantitative estimate of drug-likeness (QED) is 0.913. The molecule has 25 heavy (non-hydrogen) atoms. The van der Waals surface area contributed by atoms with Crippen molar-refractivity contribution in [3.05, 3.63) is 30.1 Å². The van der Waals surface area contributed by atoms with E-state index in [-0.39, 0.29) is 36.2 Å². The van der Waals surface area contributed by atoms with Crippen molar-refractivity contribution >= 4 is 11.8 Å². The molecule has 2 fully saturated rings. The first-order chi connectivity index (χ1) is 12.1. The first-order valence-electron chi connectivity index (χ1n) is 9.11. The standard InChI is InChI=1S/C19H25FN2O3/c20-14-7-9-15(10-8-14)25-13-18(23)22-12-3-1-2-11-21-19(24)16-5-4-6-17(16)22/h7-10,16-17H,1-6,11-13H2,(H,21,24). The number of hydrogen-bond donors (Lipinski definition) is 1. The molecule has 2 unspecified atom stereocenters. The van der Waals surface area contributed by atoms with Gasteiger partial charge in [0, 0.05) is 19.1 Å². The van der Waals surface area contributed by atoms with Crippen molar-refractivity contribution in [1.29, 1.82) is 0 Å². The highest BCUT2D eigenvalue weighted by Gasteiger charge is 2.38. The lowest BCUT2D eigenvalue weighted by Crippen LogP contribution is -2.49. The first-order valence-corrected chi connectivity index (χ1v) is 9.11. The lowest BCUT2D eigenvalue weighted by Gasteiger charge is -2.33. The SMILES string of the molecule is O=C1NCCCCCN(C(=O)COc2ccc(F)cc2)C2CCCC12. The summed E-state index contributed by atoms with van der Waals surface area (Å²) in [4.78, 5) is 27.0. The molecule has 0 spiro atoms. The highest BCUT2D eigenvalue weighted by molar-refractivity contribution is 5.82.